The van der Waals surface area contributed by atoms with Crippen molar-refractivity contribution < 1.29 is 32.2 Å². The lowest BCUT2D eigenvalue weighted by Crippen LogP contribution is -2.51. The van der Waals surface area contributed by atoms with Gasteiger partial charge in [-0.2, -0.15) is 13.2 Å². The fourth-order valence-electron chi connectivity index (χ4n) is 5.58. The fourth-order valence-corrected chi connectivity index (χ4v) is 5.58. The molecular formula is C30H28F4N2O3. The summed E-state index contributed by atoms with van der Waals surface area (Å²) in [7, 11) is 0. The van der Waals surface area contributed by atoms with Crippen molar-refractivity contribution in [1.82, 2.24) is 4.98 Å². The number of alkyl halides is 3. The van der Waals surface area contributed by atoms with Crippen LogP contribution in [0.4, 0.5) is 17.6 Å². The lowest BCUT2D eigenvalue weighted by Gasteiger charge is -2.38. The Hall–Kier alpha value is -3.85. The molecule has 5 nitrogen and oxygen atoms in total. The van der Waals surface area contributed by atoms with E-state index in [9.17, 15) is 27.5 Å². The van der Waals surface area contributed by atoms with Crippen LogP contribution in [0.1, 0.15) is 47.4 Å². The standard InChI is InChI=1S/C30H28F4N2O3/c1-28(2,24-14-20(31)12-18-9-10-39-26(18)24)16-29(38,30(32,33)34)15-21-13-19-11-17(7-8-25(19)36-21)22-5-3-4-6-23(22)27(35)37/h3-8,11-14,36,38H,9-10,15-16H2,1-2H3,(H2,35,37). The summed E-state index contributed by atoms with van der Waals surface area (Å²) >= 11 is 0. The number of nitrogens with one attached hydrogen (secondary N) is 1. The van der Waals surface area contributed by atoms with Gasteiger partial charge in [-0.25, -0.2) is 4.39 Å². The van der Waals surface area contributed by atoms with Crippen LogP contribution in [0.25, 0.3) is 22.0 Å². The zero-order valence-electron chi connectivity index (χ0n) is 21.5. The number of fused-ring (bicyclic) bond motifs is 2. The van der Waals surface area contributed by atoms with Crippen molar-refractivity contribution in [2.75, 3.05) is 6.61 Å². The van der Waals surface area contributed by atoms with E-state index in [1.54, 1.807) is 62.4 Å². The van der Waals surface area contributed by atoms with Crippen LogP contribution in [0.2, 0.25) is 0 Å². The molecule has 0 aliphatic carbocycles. The summed E-state index contributed by atoms with van der Waals surface area (Å²) in [6.07, 6.45) is -5.94. The molecule has 5 rings (SSSR count). The maximum atomic E-state index is 14.4. The number of carbonyl (C=O) groups is 1. The van der Waals surface area contributed by atoms with Crippen LogP contribution >= 0.6 is 0 Å². The molecule has 3 aromatic carbocycles. The number of carbonyl (C=O) groups excluding carboxylic acids is 1. The summed E-state index contributed by atoms with van der Waals surface area (Å²) in [5.74, 6) is -0.754. The summed E-state index contributed by atoms with van der Waals surface area (Å²) in [5, 5.41) is 11.8. The average molecular weight is 541 g/mol. The Balaban J connectivity index is 1.49. The van der Waals surface area contributed by atoms with Gasteiger partial charge in [-0.15, -0.1) is 0 Å². The van der Waals surface area contributed by atoms with Gasteiger partial charge >= 0.3 is 6.18 Å². The number of hydrogen-bond acceptors (Lipinski definition) is 3. The SMILES string of the molecule is CC(C)(CC(O)(Cc1cc2cc(-c3ccccc3C(N)=O)ccc2[nH]1)C(F)(F)F)c1cc(F)cc2c1OCC2. The number of H-pyrrole nitrogens is 1. The lowest BCUT2D eigenvalue weighted by atomic mass is 9.72. The minimum atomic E-state index is -4.97. The number of ether oxygens (including phenoxy) is 1. The van der Waals surface area contributed by atoms with Crippen molar-refractivity contribution in [1.29, 1.82) is 0 Å². The van der Waals surface area contributed by atoms with Crippen molar-refractivity contribution in [2.45, 2.75) is 50.3 Å². The summed E-state index contributed by atoms with van der Waals surface area (Å²) in [4.78, 5) is 14.8. The Kier molecular flexibility index (Phi) is 6.45. The minimum absolute atomic E-state index is 0.182. The minimum Gasteiger partial charge on any atom is -0.493 e. The molecule has 0 spiro atoms. The Bertz CT molecular complexity index is 1570. The van der Waals surface area contributed by atoms with Gasteiger partial charge in [0.1, 0.15) is 11.6 Å². The number of benzene rings is 3. The van der Waals surface area contributed by atoms with Crippen molar-refractivity contribution in [2.24, 2.45) is 5.73 Å². The largest absolute Gasteiger partial charge is 0.493 e. The van der Waals surface area contributed by atoms with Gasteiger partial charge in [0.05, 0.1) is 6.61 Å². The first kappa shape index (κ1) is 26.7. The summed E-state index contributed by atoms with van der Waals surface area (Å²) < 4.78 is 63.3. The average Bonchev–Trinajstić information content (AvgIpc) is 3.47. The zero-order chi connectivity index (χ0) is 28.2. The van der Waals surface area contributed by atoms with Gasteiger partial charge in [0.2, 0.25) is 5.91 Å². The molecule has 4 N–H and O–H groups in total. The third-order valence-corrected chi connectivity index (χ3v) is 7.40. The number of aliphatic hydroxyl groups is 1. The van der Waals surface area contributed by atoms with E-state index in [1.807, 2.05) is 0 Å². The highest BCUT2D eigenvalue weighted by atomic mass is 19.4. The van der Waals surface area contributed by atoms with Gasteiger partial charge in [-0.3, -0.25) is 4.79 Å². The van der Waals surface area contributed by atoms with Crippen LogP contribution in [0.5, 0.6) is 5.75 Å². The van der Waals surface area contributed by atoms with Crippen molar-refractivity contribution >= 4 is 16.8 Å². The Morgan fingerprint density at radius 1 is 1.08 bits per heavy atom. The van der Waals surface area contributed by atoms with Crippen LogP contribution in [0, 0.1) is 5.82 Å². The van der Waals surface area contributed by atoms with Crippen LogP contribution in [0.15, 0.2) is 60.7 Å². The topological polar surface area (TPSA) is 88.3 Å². The smallest absolute Gasteiger partial charge is 0.417 e. The first-order valence-electron chi connectivity index (χ1n) is 12.5. The van der Waals surface area contributed by atoms with E-state index in [0.29, 0.717) is 57.5 Å². The molecule has 2 heterocycles. The molecule has 204 valence electrons. The van der Waals surface area contributed by atoms with Crippen LogP contribution in [0.3, 0.4) is 0 Å². The molecule has 0 bridgehead atoms. The van der Waals surface area contributed by atoms with E-state index in [2.05, 4.69) is 4.98 Å². The highest BCUT2D eigenvalue weighted by molar-refractivity contribution is 6.00. The molecule has 0 fully saturated rings. The van der Waals surface area contributed by atoms with Gasteiger partial charge in [-0.1, -0.05) is 38.1 Å². The predicted octanol–water partition coefficient (Wildman–Crippen LogP) is 6.21. The van der Waals surface area contributed by atoms with Crippen molar-refractivity contribution in [3.8, 4) is 16.9 Å². The molecule has 0 saturated heterocycles. The summed E-state index contributed by atoms with van der Waals surface area (Å²) in [5.41, 5.74) is 4.39. The molecule has 4 aromatic rings. The molecular weight excluding hydrogens is 512 g/mol. The number of aromatic nitrogens is 1. The quantitative estimate of drug-likeness (QED) is 0.244. The molecule has 1 aliphatic rings. The van der Waals surface area contributed by atoms with E-state index in [1.165, 1.54) is 12.1 Å². The fraction of sp³-hybridized carbons (Fsp3) is 0.300. The molecule has 9 heteroatoms. The normalized spacial score (nSPS) is 15.2. The van der Waals surface area contributed by atoms with Crippen molar-refractivity contribution in [3.05, 3.63) is 88.9 Å². The first-order valence-corrected chi connectivity index (χ1v) is 12.5. The maximum Gasteiger partial charge on any atom is 0.417 e. The zero-order valence-corrected chi connectivity index (χ0v) is 21.5. The third kappa shape index (κ3) is 4.98. The Morgan fingerprint density at radius 3 is 2.54 bits per heavy atom. The molecule has 0 radical (unpaired) electrons. The number of primary amides is 1. The van der Waals surface area contributed by atoms with Crippen LogP contribution in [-0.2, 0) is 18.3 Å². The molecule has 1 aliphatic heterocycles. The monoisotopic (exact) mass is 540 g/mol. The van der Waals surface area contributed by atoms with Gasteiger partial charge in [0, 0.05) is 46.1 Å². The molecule has 1 aromatic heterocycles. The van der Waals surface area contributed by atoms with E-state index in [4.69, 9.17) is 10.5 Å². The van der Waals surface area contributed by atoms with E-state index < -0.39 is 41.8 Å². The van der Waals surface area contributed by atoms with Crippen LogP contribution < -0.4 is 10.5 Å². The molecule has 1 unspecified atom stereocenters. The maximum absolute atomic E-state index is 14.4. The third-order valence-electron chi connectivity index (χ3n) is 7.40. The number of amides is 1. The Morgan fingerprint density at radius 2 is 1.82 bits per heavy atom. The highest BCUT2D eigenvalue weighted by Crippen LogP contribution is 2.47. The number of rotatable bonds is 7. The molecule has 39 heavy (non-hydrogen) atoms. The van der Waals surface area contributed by atoms with Gasteiger partial charge < -0.3 is 20.6 Å². The van der Waals surface area contributed by atoms with E-state index in [-0.39, 0.29) is 5.69 Å². The lowest BCUT2D eigenvalue weighted by molar-refractivity contribution is -0.266. The number of hydrogen-bond donors (Lipinski definition) is 3. The second kappa shape index (κ2) is 9.41. The second-order valence-corrected chi connectivity index (χ2v) is 10.8. The summed E-state index contributed by atoms with van der Waals surface area (Å²) in [6, 6.07) is 16.1. The molecule has 1 atom stereocenters. The summed E-state index contributed by atoms with van der Waals surface area (Å²) in [6.45, 7) is 3.43. The number of aromatic amines is 1. The van der Waals surface area contributed by atoms with E-state index in [0.717, 1.165) is 0 Å². The van der Waals surface area contributed by atoms with E-state index >= 15 is 0 Å². The second-order valence-electron chi connectivity index (χ2n) is 10.8. The van der Waals surface area contributed by atoms with Gasteiger partial charge in [0.15, 0.2) is 5.60 Å². The van der Waals surface area contributed by atoms with Gasteiger partial charge in [-0.05, 0) is 59.4 Å². The van der Waals surface area contributed by atoms with Crippen molar-refractivity contribution in [3.63, 3.8) is 0 Å². The predicted molar refractivity (Wildman–Crippen MR) is 140 cm³/mol. The molecule has 0 saturated carbocycles. The Labute approximate surface area is 222 Å². The number of nitrogens with two attached hydrogens (primary N) is 1. The first-order chi connectivity index (χ1) is 18.3. The highest BCUT2D eigenvalue weighted by Gasteiger charge is 2.56. The number of halogens is 4. The van der Waals surface area contributed by atoms with Crippen LogP contribution in [-0.4, -0.2) is 34.4 Å². The van der Waals surface area contributed by atoms with Gasteiger partial charge in [0.25, 0.3) is 0 Å². The molecule has 1 amide bonds.